The molecule has 1 aliphatic rings. The number of aromatic nitrogens is 5. The molecule has 1 amide bonds. The predicted molar refractivity (Wildman–Crippen MR) is 157 cm³/mol. The molecule has 218 valence electrons. The Kier molecular flexibility index (Phi) is 8.29. The number of pyridine rings is 1. The summed E-state index contributed by atoms with van der Waals surface area (Å²) in [5.74, 6) is 0.645. The van der Waals surface area contributed by atoms with Crippen LogP contribution in [0.25, 0.3) is 22.6 Å². The number of amides is 1. The maximum atomic E-state index is 13.7. The molecule has 43 heavy (non-hydrogen) atoms. The molecule has 0 unspecified atom stereocenters. The van der Waals surface area contributed by atoms with Gasteiger partial charge in [-0.2, -0.15) is 0 Å². The third-order valence-electron chi connectivity index (χ3n) is 6.73. The molecule has 0 saturated carbocycles. The van der Waals surface area contributed by atoms with Crippen LogP contribution < -0.4 is 15.4 Å². The summed E-state index contributed by atoms with van der Waals surface area (Å²) in [6, 6.07) is 18.8. The molecular formula is C31H28FN7O4. The van der Waals surface area contributed by atoms with Gasteiger partial charge in [0, 0.05) is 29.7 Å². The SMILES string of the molecule is COc1cccc(Nc2nccc(-c3[nH]c(CC4OCC(C(=O)Nc5cccnc5)CO4)nc3-c3ccc(F)cc3)n2)c1. The zero-order chi connectivity index (χ0) is 29.6. The Balaban J connectivity index is 1.19. The van der Waals surface area contributed by atoms with Crippen LogP contribution in [0.5, 0.6) is 5.75 Å². The molecule has 0 aliphatic carbocycles. The van der Waals surface area contributed by atoms with Crippen molar-refractivity contribution in [3.05, 3.63) is 97.0 Å². The van der Waals surface area contributed by atoms with E-state index in [1.54, 1.807) is 56.0 Å². The summed E-state index contributed by atoms with van der Waals surface area (Å²) in [7, 11) is 1.60. The smallest absolute Gasteiger partial charge is 0.232 e. The molecule has 6 rings (SSSR count). The van der Waals surface area contributed by atoms with Gasteiger partial charge in [-0.3, -0.25) is 9.78 Å². The number of hydrogen-bond acceptors (Lipinski definition) is 9. The lowest BCUT2D eigenvalue weighted by molar-refractivity contribution is -0.199. The van der Waals surface area contributed by atoms with Crippen molar-refractivity contribution in [2.75, 3.05) is 31.0 Å². The molecule has 1 saturated heterocycles. The molecule has 5 aromatic rings. The van der Waals surface area contributed by atoms with Crippen LogP contribution in [0.15, 0.2) is 85.3 Å². The zero-order valence-corrected chi connectivity index (χ0v) is 23.2. The van der Waals surface area contributed by atoms with Crippen molar-refractivity contribution in [1.82, 2.24) is 24.9 Å². The molecule has 1 aliphatic heterocycles. The second-order valence-electron chi connectivity index (χ2n) is 9.76. The number of halogens is 1. The Hall–Kier alpha value is -5.20. The Morgan fingerprint density at radius 2 is 1.84 bits per heavy atom. The average Bonchev–Trinajstić information content (AvgIpc) is 3.46. The number of H-pyrrole nitrogens is 1. The normalized spacial score (nSPS) is 16.4. The number of carbonyl (C=O) groups is 1. The molecule has 0 bridgehead atoms. The number of anilines is 3. The van der Waals surface area contributed by atoms with Crippen LogP contribution in [-0.2, 0) is 20.7 Å². The van der Waals surface area contributed by atoms with Crippen molar-refractivity contribution in [2.24, 2.45) is 5.92 Å². The number of methoxy groups -OCH3 is 1. The first-order valence-corrected chi connectivity index (χ1v) is 13.6. The lowest BCUT2D eigenvalue weighted by Crippen LogP contribution is -2.39. The average molecular weight is 582 g/mol. The fourth-order valence-electron chi connectivity index (χ4n) is 4.56. The lowest BCUT2D eigenvalue weighted by atomic mass is 10.1. The number of imidazole rings is 1. The standard InChI is InChI=1S/C31H28FN7O4/c1-41-24-6-2-4-22(14-24)36-31-34-13-11-25(37-31)29-28(19-7-9-21(32)10-8-19)38-26(39-29)15-27-42-17-20(18-43-27)30(40)35-23-5-3-12-33-16-23/h2-14,16,20,27H,15,17-18H2,1H3,(H,35,40)(H,38,39)(H,34,36,37). The first-order chi connectivity index (χ1) is 21.0. The monoisotopic (exact) mass is 581 g/mol. The van der Waals surface area contributed by atoms with Crippen molar-refractivity contribution >= 4 is 23.2 Å². The highest BCUT2D eigenvalue weighted by atomic mass is 19.1. The summed E-state index contributed by atoms with van der Waals surface area (Å²) in [6.45, 7) is 0.390. The van der Waals surface area contributed by atoms with E-state index in [-0.39, 0.29) is 24.9 Å². The highest BCUT2D eigenvalue weighted by molar-refractivity contribution is 5.92. The number of hydrogen-bond donors (Lipinski definition) is 3. The molecule has 2 aromatic carbocycles. The second kappa shape index (κ2) is 12.8. The molecule has 3 aromatic heterocycles. The highest BCUT2D eigenvalue weighted by Gasteiger charge is 2.29. The number of aromatic amines is 1. The van der Waals surface area contributed by atoms with E-state index in [1.165, 1.54) is 12.1 Å². The molecule has 11 nitrogen and oxygen atoms in total. The molecule has 0 atom stereocenters. The quantitative estimate of drug-likeness (QED) is 0.220. The van der Waals surface area contributed by atoms with Gasteiger partial charge in [-0.25, -0.2) is 19.3 Å². The van der Waals surface area contributed by atoms with Crippen LogP contribution in [0, 0.1) is 11.7 Å². The maximum absolute atomic E-state index is 13.7. The van der Waals surface area contributed by atoms with Crippen LogP contribution in [0.4, 0.5) is 21.7 Å². The number of nitrogens with zero attached hydrogens (tertiary/aromatic N) is 4. The van der Waals surface area contributed by atoms with E-state index >= 15 is 0 Å². The number of ether oxygens (including phenoxy) is 3. The van der Waals surface area contributed by atoms with Crippen LogP contribution in [0.1, 0.15) is 5.82 Å². The summed E-state index contributed by atoms with van der Waals surface area (Å²) in [6.07, 6.45) is 4.54. The first-order valence-electron chi connectivity index (χ1n) is 13.6. The van der Waals surface area contributed by atoms with Crippen LogP contribution in [-0.4, -0.2) is 57.4 Å². The lowest BCUT2D eigenvalue weighted by Gasteiger charge is -2.28. The van der Waals surface area contributed by atoms with Crippen molar-refractivity contribution < 1.29 is 23.4 Å². The molecule has 12 heteroatoms. The van der Waals surface area contributed by atoms with Crippen LogP contribution in [0.2, 0.25) is 0 Å². The Morgan fingerprint density at radius 1 is 1.02 bits per heavy atom. The van der Waals surface area contributed by atoms with Crippen molar-refractivity contribution in [2.45, 2.75) is 12.7 Å². The fraction of sp³-hybridized carbons (Fsp3) is 0.194. The Morgan fingerprint density at radius 3 is 2.60 bits per heavy atom. The Bertz CT molecular complexity index is 1690. The van der Waals surface area contributed by atoms with Crippen molar-refractivity contribution in [3.8, 4) is 28.4 Å². The van der Waals surface area contributed by atoms with Gasteiger partial charge in [-0.1, -0.05) is 6.07 Å². The van der Waals surface area contributed by atoms with Gasteiger partial charge in [0.15, 0.2) is 6.29 Å². The van der Waals surface area contributed by atoms with Gasteiger partial charge in [0.1, 0.15) is 17.4 Å². The summed E-state index contributed by atoms with van der Waals surface area (Å²) in [4.78, 5) is 33.8. The van der Waals surface area contributed by atoms with E-state index in [0.717, 1.165) is 5.69 Å². The van der Waals surface area contributed by atoms with Crippen molar-refractivity contribution in [3.63, 3.8) is 0 Å². The maximum Gasteiger partial charge on any atom is 0.232 e. The summed E-state index contributed by atoms with van der Waals surface area (Å²) >= 11 is 0. The third kappa shape index (κ3) is 6.83. The van der Waals surface area contributed by atoms with Gasteiger partial charge in [0.2, 0.25) is 11.9 Å². The van der Waals surface area contributed by atoms with E-state index in [1.807, 2.05) is 24.3 Å². The molecule has 0 spiro atoms. The third-order valence-corrected chi connectivity index (χ3v) is 6.73. The molecule has 4 heterocycles. The fourth-order valence-corrected chi connectivity index (χ4v) is 4.56. The number of rotatable bonds is 9. The van der Waals surface area contributed by atoms with E-state index in [2.05, 4.69) is 25.6 Å². The minimum absolute atomic E-state index is 0.195. The molecular weight excluding hydrogens is 553 g/mol. The number of carbonyl (C=O) groups excluding carboxylic acids is 1. The highest BCUT2D eigenvalue weighted by Crippen LogP contribution is 2.31. The Labute approximate surface area is 246 Å². The van der Waals surface area contributed by atoms with Crippen LogP contribution in [0.3, 0.4) is 0 Å². The molecule has 3 N–H and O–H groups in total. The van der Waals surface area contributed by atoms with E-state index < -0.39 is 12.2 Å². The van der Waals surface area contributed by atoms with E-state index in [4.69, 9.17) is 24.2 Å². The van der Waals surface area contributed by atoms with Gasteiger partial charge in [0.25, 0.3) is 0 Å². The predicted octanol–water partition coefficient (Wildman–Crippen LogP) is 4.99. The summed E-state index contributed by atoms with van der Waals surface area (Å²) < 4.78 is 30.8. The first kappa shape index (κ1) is 27.9. The van der Waals surface area contributed by atoms with Gasteiger partial charge >= 0.3 is 0 Å². The van der Waals surface area contributed by atoms with Gasteiger partial charge < -0.3 is 29.8 Å². The topological polar surface area (TPSA) is 136 Å². The van der Waals surface area contributed by atoms with E-state index in [0.29, 0.717) is 52.3 Å². The van der Waals surface area contributed by atoms with Gasteiger partial charge in [0.05, 0.1) is 61.6 Å². The summed E-state index contributed by atoms with van der Waals surface area (Å²) in [5.41, 5.74) is 3.87. The molecule has 0 radical (unpaired) electrons. The summed E-state index contributed by atoms with van der Waals surface area (Å²) in [5, 5.41) is 6.02. The van der Waals surface area contributed by atoms with Crippen LogP contribution >= 0.6 is 0 Å². The minimum Gasteiger partial charge on any atom is -0.497 e. The number of benzene rings is 2. The largest absolute Gasteiger partial charge is 0.497 e. The number of nitrogens with one attached hydrogen (secondary N) is 3. The second-order valence-corrected chi connectivity index (χ2v) is 9.76. The van der Waals surface area contributed by atoms with E-state index in [9.17, 15) is 9.18 Å². The molecule has 1 fully saturated rings. The van der Waals surface area contributed by atoms with Gasteiger partial charge in [-0.15, -0.1) is 0 Å². The minimum atomic E-state index is -0.613. The van der Waals surface area contributed by atoms with Crippen molar-refractivity contribution in [1.29, 1.82) is 0 Å². The van der Waals surface area contributed by atoms with Gasteiger partial charge in [-0.05, 0) is 54.6 Å². The zero-order valence-electron chi connectivity index (χ0n) is 23.2.